The van der Waals surface area contributed by atoms with Gasteiger partial charge in [0, 0.05) is 0 Å². The van der Waals surface area contributed by atoms with Gasteiger partial charge >= 0.3 is 88.5 Å². The molecule has 2 rings (SSSR count). The van der Waals surface area contributed by atoms with Gasteiger partial charge in [-0.25, -0.2) is 0 Å². The molecule has 0 bridgehead atoms. The molecule has 0 spiro atoms. The summed E-state index contributed by atoms with van der Waals surface area (Å²) in [5.41, 5.74) is 1.40. The average Bonchev–Trinajstić information content (AvgIpc) is 2.46. The van der Waals surface area contributed by atoms with Gasteiger partial charge in [-0.2, -0.15) is 0 Å². The van der Waals surface area contributed by atoms with Crippen LogP contribution in [-0.4, -0.2) is 20.3 Å². The number of rotatable bonds is 2. The quantitative estimate of drug-likeness (QED) is 0.451. The first-order valence-corrected chi connectivity index (χ1v) is 7.03. The molecule has 1 aromatic heterocycles. The fourth-order valence-electron chi connectivity index (χ4n) is 1.33. The van der Waals surface area contributed by atoms with Gasteiger partial charge in [-0.15, -0.1) is 0 Å². The molecule has 0 N–H and O–H groups in total. The van der Waals surface area contributed by atoms with Crippen LogP contribution < -0.4 is 4.57 Å². The Kier molecular flexibility index (Phi) is 2.77. The maximum atomic E-state index is 2.34. The van der Waals surface area contributed by atoms with Gasteiger partial charge in [0.25, 0.3) is 0 Å². The Morgan fingerprint density at radius 3 is 2.85 bits per heavy atom. The van der Waals surface area contributed by atoms with Crippen LogP contribution in [0.3, 0.4) is 0 Å². The van der Waals surface area contributed by atoms with Gasteiger partial charge < -0.3 is 0 Å². The zero-order valence-electron chi connectivity index (χ0n) is 7.78. The first-order chi connectivity index (χ1) is 6.33. The number of thioether (sulfide) groups is 1. The van der Waals surface area contributed by atoms with E-state index in [0.29, 0.717) is 14.5 Å². The first-order valence-electron chi connectivity index (χ1n) is 4.33. The van der Waals surface area contributed by atoms with E-state index in [2.05, 4.69) is 42.8 Å². The Labute approximate surface area is 88.5 Å². The molecule has 1 heterocycles. The van der Waals surface area contributed by atoms with Crippen LogP contribution in [0.25, 0.3) is 9.78 Å². The average molecular weight is 257 g/mol. The number of nitrogens with zero attached hydrogens (tertiary/aromatic N) is 1. The zero-order chi connectivity index (χ0) is 9.26. The van der Waals surface area contributed by atoms with Crippen molar-refractivity contribution in [1.82, 2.24) is 0 Å². The Bertz CT molecular complexity index is 422. The number of para-hydroxylation sites is 1. The monoisotopic (exact) mass is 258 g/mol. The van der Waals surface area contributed by atoms with Gasteiger partial charge in [0.1, 0.15) is 0 Å². The number of hydrogen-bond donors (Lipinski definition) is 0. The van der Waals surface area contributed by atoms with Crippen LogP contribution in [0, 0.1) is 0 Å². The summed E-state index contributed by atoms with van der Waals surface area (Å²) in [4.78, 5) is 0. The third kappa shape index (κ3) is 1.69. The Balaban J connectivity index is 2.60. The maximum absolute atomic E-state index is 2.34. The van der Waals surface area contributed by atoms with Crippen molar-refractivity contribution in [3.05, 3.63) is 24.3 Å². The molecule has 1 aromatic carbocycles. The zero-order valence-corrected chi connectivity index (χ0v) is 10.3. The fraction of sp³-hybridized carbons (Fsp3) is 0.300. The van der Waals surface area contributed by atoms with E-state index in [1.165, 1.54) is 19.4 Å². The van der Waals surface area contributed by atoms with E-state index >= 15 is 0 Å². The molecule has 0 atom stereocenters. The van der Waals surface area contributed by atoms with Gasteiger partial charge in [-0.3, -0.25) is 0 Å². The molecule has 0 unspecified atom stereocenters. The number of aryl methyl sites for hydroxylation is 1. The van der Waals surface area contributed by atoms with Gasteiger partial charge in [0.05, 0.1) is 0 Å². The van der Waals surface area contributed by atoms with Crippen molar-refractivity contribution >= 4 is 36.0 Å². The second kappa shape index (κ2) is 3.87. The van der Waals surface area contributed by atoms with Crippen LogP contribution in [-0.2, 0) is 7.05 Å². The topological polar surface area (TPSA) is 3.88 Å². The fourth-order valence-corrected chi connectivity index (χ4v) is 5.35. The first kappa shape index (κ1) is 9.32. The minimum absolute atomic E-state index is 0.548. The normalized spacial score (nSPS) is 10.9. The molecule has 68 valence electrons. The van der Waals surface area contributed by atoms with Crippen molar-refractivity contribution in [1.29, 1.82) is 0 Å². The summed E-state index contributed by atoms with van der Waals surface area (Å²) in [6.45, 7) is 2.21. The Hall–Kier alpha value is -0.241. The number of hydrogen-bond acceptors (Lipinski definition) is 1. The van der Waals surface area contributed by atoms with Crippen molar-refractivity contribution < 1.29 is 4.57 Å². The van der Waals surface area contributed by atoms with Crippen LogP contribution in [0.1, 0.15) is 6.92 Å². The molecule has 0 amide bonds. The molecule has 0 saturated carbocycles. The predicted octanol–water partition coefficient (Wildman–Crippen LogP) is 1.83. The van der Waals surface area contributed by atoms with Crippen LogP contribution in [0.15, 0.2) is 28.2 Å². The van der Waals surface area contributed by atoms with Gasteiger partial charge in [-0.1, -0.05) is 0 Å². The molecule has 0 fully saturated rings. The summed E-state index contributed by atoms with van der Waals surface area (Å²) in [6.07, 6.45) is 0. The predicted molar refractivity (Wildman–Crippen MR) is 58.5 cm³/mol. The SMILES string of the molecule is CCSc1[se]c2ccccc2[n+]1C. The third-order valence-electron chi connectivity index (χ3n) is 1.97. The molecule has 0 aliphatic carbocycles. The van der Waals surface area contributed by atoms with E-state index in [1.54, 1.807) is 0 Å². The van der Waals surface area contributed by atoms with Gasteiger partial charge in [0.2, 0.25) is 0 Å². The van der Waals surface area contributed by atoms with Crippen LogP contribution >= 0.6 is 11.8 Å². The van der Waals surface area contributed by atoms with E-state index in [0.717, 1.165) is 0 Å². The summed E-state index contributed by atoms with van der Waals surface area (Å²) in [5, 5.41) is 0. The second-order valence-corrected chi connectivity index (χ2v) is 6.83. The molecular weight excluding hydrogens is 245 g/mol. The summed E-state index contributed by atoms with van der Waals surface area (Å²) in [6, 6.07) is 8.70. The number of aromatic nitrogens is 1. The van der Waals surface area contributed by atoms with Crippen molar-refractivity contribution in [2.24, 2.45) is 7.05 Å². The molecule has 3 heteroatoms. The molecule has 13 heavy (non-hydrogen) atoms. The summed E-state index contributed by atoms with van der Waals surface area (Å²) >= 11 is 2.52. The molecule has 0 aliphatic heterocycles. The number of fused-ring (bicyclic) bond motifs is 1. The Morgan fingerprint density at radius 2 is 2.15 bits per heavy atom. The van der Waals surface area contributed by atoms with Crippen molar-refractivity contribution in [3.8, 4) is 0 Å². The van der Waals surface area contributed by atoms with E-state index < -0.39 is 0 Å². The summed E-state index contributed by atoms with van der Waals surface area (Å²) in [5.74, 6) is 1.18. The second-order valence-electron chi connectivity index (χ2n) is 2.83. The summed E-state index contributed by atoms with van der Waals surface area (Å²) in [7, 11) is 2.17. The molecule has 2 aromatic rings. The third-order valence-corrected chi connectivity index (χ3v) is 6.08. The van der Waals surface area contributed by atoms with Gasteiger partial charge in [0.15, 0.2) is 0 Å². The summed E-state index contributed by atoms with van der Waals surface area (Å²) < 4.78 is 5.40. The van der Waals surface area contributed by atoms with Crippen LogP contribution in [0.2, 0.25) is 0 Å². The Morgan fingerprint density at radius 1 is 1.38 bits per heavy atom. The molecule has 0 saturated heterocycles. The van der Waals surface area contributed by atoms with E-state index in [4.69, 9.17) is 0 Å². The molecule has 0 aliphatic rings. The van der Waals surface area contributed by atoms with Gasteiger partial charge in [-0.05, 0) is 0 Å². The molecule has 0 radical (unpaired) electrons. The van der Waals surface area contributed by atoms with E-state index in [9.17, 15) is 0 Å². The number of benzene rings is 1. The van der Waals surface area contributed by atoms with E-state index in [-0.39, 0.29) is 0 Å². The minimum atomic E-state index is 0.548. The van der Waals surface area contributed by atoms with Crippen molar-refractivity contribution in [2.45, 2.75) is 10.8 Å². The molecule has 1 nitrogen and oxygen atoms in total. The molecular formula is C10H12NSSe+. The van der Waals surface area contributed by atoms with E-state index in [1.807, 2.05) is 11.8 Å². The van der Waals surface area contributed by atoms with Crippen LogP contribution in [0.5, 0.6) is 0 Å². The standard InChI is InChI=1S/C10H12NSSe/c1-3-12-10-11(2)8-6-4-5-7-9(8)13-10/h4-7H,3H2,1-2H3/q+1. The van der Waals surface area contributed by atoms with Crippen molar-refractivity contribution in [2.75, 3.05) is 5.75 Å². The van der Waals surface area contributed by atoms with Crippen molar-refractivity contribution in [3.63, 3.8) is 0 Å². The van der Waals surface area contributed by atoms with Crippen LogP contribution in [0.4, 0.5) is 0 Å².